The third-order valence-corrected chi connectivity index (χ3v) is 2.04. The zero-order valence-electron chi connectivity index (χ0n) is 6.20. The molecular weight excluding hydrogens is 135 g/mol. The summed E-state index contributed by atoms with van der Waals surface area (Å²) in [4.78, 5) is 0. The number of hydrogen-bond acceptors (Lipinski definition) is 2. The minimum atomic E-state index is -1.02. The van der Waals surface area contributed by atoms with E-state index >= 15 is 0 Å². The normalized spacial score (nSPS) is 15.2. The Labute approximate surface area is 56.5 Å². The second-order valence-corrected chi connectivity index (χ2v) is 7.55. The number of hydrogen-bond donors (Lipinski definition) is 2. The summed E-state index contributed by atoms with van der Waals surface area (Å²) in [6.07, 6.45) is -0.627. The van der Waals surface area contributed by atoms with Gasteiger partial charge in [0.2, 0.25) is 0 Å². The van der Waals surface area contributed by atoms with Crippen molar-refractivity contribution in [3.8, 4) is 0 Å². The summed E-state index contributed by atoms with van der Waals surface area (Å²) < 4.78 is 0. The summed E-state index contributed by atoms with van der Waals surface area (Å²) in [6.45, 7) is 5.09. The maximum atomic E-state index is 8.92. The van der Waals surface area contributed by atoms with Gasteiger partial charge >= 0.3 is 0 Å². The summed E-state index contributed by atoms with van der Waals surface area (Å²) in [5.74, 6) is 1.83. The van der Waals surface area contributed by atoms with Crippen LogP contribution in [0.25, 0.3) is 0 Å². The molecule has 2 N–H and O–H groups in total. The predicted molar refractivity (Wildman–Crippen MR) is 43.8 cm³/mol. The van der Waals surface area contributed by atoms with Crippen LogP contribution in [0.2, 0.25) is 0 Å². The highest BCUT2D eigenvalue weighted by atomic mass is 31.2. The number of aliphatic hydroxyl groups is 2. The van der Waals surface area contributed by atoms with E-state index in [-0.39, 0.29) is 6.61 Å². The van der Waals surface area contributed by atoms with Crippen molar-refractivity contribution in [3.63, 3.8) is 0 Å². The van der Waals surface area contributed by atoms with E-state index in [1.165, 1.54) is 0 Å². The van der Waals surface area contributed by atoms with Crippen molar-refractivity contribution in [1.82, 2.24) is 0 Å². The lowest BCUT2D eigenvalue weighted by Gasteiger charge is -2.09. The number of aliphatic hydroxyl groups excluding tert-OH is 2. The molecule has 9 heavy (non-hydrogen) atoms. The Kier molecular flexibility index (Phi) is 3.49. The highest BCUT2D eigenvalue weighted by Gasteiger charge is 1.99. The van der Waals surface area contributed by atoms with Gasteiger partial charge in [-0.2, -0.15) is 0 Å². The van der Waals surface area contributed by atoms with Gasteiger partial charge in [-0.25, -0.2) is 0 Å². The molecule has 56 valence electrons. The Morgan fingerprint density at radius 3 is 2.00 bits per heavy atom. The van der Waals surface area contributed by atoms with Crippen LogP contribution in [0.4, 0.5) is 0 Å². The summed E-state index contributed by atoms with van der Waals surface area (Å²) >= 11 is 0. The largest absolute Gasteiger partial charge is 0.393 e. The summed E-state index contributed by atoms with van der Waals surface area (Å²) in [5, 5.41) is 17.4. The lowest BCUT2D eigenvalue weighted by molar-refractivity contribution is 0.149. The molecule has 0 aromatic carbocycles. The summed E-state index contributed by atoms with van der Waals surface area (Å²) in [6, 6.07) is 0. The van der Waals surface area contributed by atoms with E-state index in [9.17, 15) is 0 Å². The van der Waals surface area contributed by atoms with Crippen LogP contribution in [0.1, 0.15) is 0 Å². The van der Waals surface area contributed by atoms with Gasteiger partial charge in [-0.15, -0.1) is 6.89 Å². The van der Waals surface area contributed by atoms with Crippen molar-refractivity contribution < 1.29 is 10.2 Å². The van der Waals surface area contributed by atoms with Crippen LogP contribution in [-0.4, -0.2) is 48.7 Å². The van der Waals surface area contributed by atoms with E-state index in [0.717, 1.165) is 0 Å². The Hall–Kier alpha value is 0.220. The molecule has 1 unspecified atom stereocenters. The predicted octanol–water partition coefficient (Wildman–Crippen LogP) is 0.0488. The Morgan fingerprint density at radius 2 is 1.89 bits per heavy atom. The van der Waals surface area contributed by atoms with Gasteiger partial charge in [-0.1, -0.05) is 5.80 Å². The van der Waals surface area contributed by atoms with Crippen LogP contribution in [-0.2, 0) is 0 Å². The Bertz CT molecular complexity index is 117. The Morgan fingerprint density at radius 1 is 1.44 bits per heavy atom. The smallest absolute Gasteiger partial charge is 0.0955 e. The van der Waals surface area contributed by atoms with Crippen LogP contribution in [0.15, 0.2) is 0 Å². The monoisotopic (exact) mass is 150 g/mol. The van der Waals surface area contributed by atoms with Crippen molar-refractivity contribution in [2.75, 3.05) is 26.6 Å². The second kappa shape index (κ2) is 3.40. The quantitative estimate of drug-likeness (QED) is 0.546. The fourth-order valence-electron chi connectivity index (χ4n) is 0.563. The topological polar surface area (TPSA) is 40.5 Å². The fraction of sp³-hybridized carbons (Fsp3) is 0.833. The molecule has 0 heterocycles. The average molecular weight is 150 g/mol. The first-order chi connectivity index (χ1) is 3.95. The molecule has 1 atom stereocenters. The van der Waals surface area contributed by atoms with Gasteiger partial charge in [0.05, 0.1) is 12.7 Å². The molecule has 2 nitrogen and oxygen atoms in total. The zero-order valence-corrected chi connectivity index (χ0v) is 7.10. The van der Waals surface area contributed by atoms with Crippen LogP contribution in [0.3, 0.4) is 0 Å². The molecule has 0 radical (unpaired) electrons. The molecule has 0 amide bonds. The van der Waals surface area contributed by atoms with Crippen LogP contribution in [0, 0.1) is 0 Å². The summed E-state index contributed by atoms with van der Waals surface area (Å²) in [5.41, 5.74) is 0. The van der Waals surface area contributed by atoms with Gasteiger partial charge in [0.25, 0.3) is 0 Å². The average Bonchev–Trinajstić information content (AvgIpc) is 1.62. The standard InChI is InChI=1S/C6H15O2P/c1-9(2,3)5-6(8)4-7/h5-8H,4H2,1-3H3. The minimum absolute atomic E-state index is 0.155. The second-order valence-electron chi connectivity index (χ2n) is 3.02. The van der Waals surface area contributed by atoms with E-state index in [2.05, 4.69) is 20.0 Å². The van der Waals surface area contributed by atoms with Gasteiger partial charge < -0.3 is 10.2 Å². The molecule has 0 saturated heterocycles. The van der Waals surface area contributed by atoms with E-state index in [1.807, 2.05) is 5.80 Å². The van der Waals surface area contributed by atoms with E-state index < -0.39 is 13.0 Å². The van der Waals surface area contributed by atoms with E-state index in [1.54, 1.807) is 0 Å². The summed E-state index contributed by atoms with van der Waals surface area (Å²) in [7, 11) is 0. The van der Waals surface area contributed by atoms with Crippen LogP contribution < -0.4 is 0 Å². The molecule has 0 aliphatic heterocycles. The van der Waals surface area contributed by atoms with Crippen molar-refractivity contribution in [3.05, 3.63) is 0 Å². The lowest BCUT2D eigenvalue weighted by Crippen LogP contribution is -2.13. The highest BCUT2D eigenvalue weighted by molar-refractivity contribution is 7.72. The van der Waals surface area contributed by atoms with Crippen LogP contribution in [0.5, 0.6) is 0 Å². The van der Waals surface area contributed by atoms with Gasteiger partial charge in [0, 0.05) is 0 Å². The molecule has 3 heteroatoms. The van der Waals surface area contributed by atoms with Crippen molar-refractivity contribution in [2.24, 2.45) is 0 Å². The van der Waals surface area contributed by atoms with E-state index in [0.29, 0.717) is 0 Å². The maximum Gasteiger partial charge on any atom is 0.0955 e. The van der Waals surface area contributed by atoms with Crippen molar-refractivity contribution in [1.29, 1.82) is 0 Å². The molecule has 0 saturated carbocycles. The fourth-order valence-corrected chi connectivity index (χ4v) is 1.69. The highest BCUT2D eigenvalue weighted by Crippen LogP contribution is 2.31. The molecule has 0 aromatic rings. The first kappa shape index (κ1) is 9.22. The minimum Gasteiger partial charge on any atom is -0.393 e. The SMILES string of the molecule is CP(C)(C)=CC(O)CO. The molecule has 0 fully saturated rings. The molecule has 0 rings (SSSR count). The zero-order chi connectivity index (χ0) is 7.49. The first-order valence-corrected chi connectivity index (χ1v) is 6.12. The molecular formula is C6H15O2P. The molecule has 0 bridgehead atoms. The molecule has 0 aliphatic rings. The maximum absolute atomic E-state index is 8.92. The van der Waals surface area contributed by atoms with Gasteiger partial charge in [-0.05, 0) is 20.0 Å². The lowest BCUT2D eigenvalue weighted by atomic mass is 10.5. The van der Waals surface area contributed by atoms with Gasteiger partial charge in [-0.3, -0.25) is 0 Å². The van der Waals surface area contributed by atoms with Crippen molar-refractivity contribution in [2.45, 2.75) is 6.10 Å². The van der Waals surface area contributed by atoms with Gasteiger partial charge in [0.1, 0.15) is 0 Å². The third kappa shape index (κ3) is 6.10. The molecule has 0 aromatic heterocycles. The van der Waals surface area contributed by atoms with Crippen molar-refractivity contribution >= 4 is 12.7 Å². The molecule has 0 aliphatic carbocycles. The van der Waals surface area contributed by atoms with Crippen LogP contribution >= 0.6 is 6.89 Å². The van der Waals surface area contributed by atoms with E-state index in [4.69, 9.17) is 10.2 Å². The Balaban J connectivity index is 3.96. The third-order valence-electron chi connectivity index (χ3n) is 0.806. The molecule has 0 spiro atoms. The number of rotatable bonds is 2. The van der Waals surface area contributed by atoms with Gasteiger partial charge in [0.15, 0.2) is 0 Å². The first-order valence-electron chi connectivity index (χ1n) is 2.92.